The minimum absolute atomic E-state index is 0.00278. The molecule has 1 aliphatic rings. The maximum absolute atomic E-state index is 12.9. The first-order chi connectivity index (χ1) is 18.0. The number of H-pyrrole nitrogens is 1. The normalized spacial score (nSPS) is 15.8. The number of allylic oxidation sites excluding steroid dienone is 2. The van der Waals surface area contributed by atoms with E-state index in [0.29, 0.717) is 38.5 Å². The number of aromatic amines is 1. The van der Waals surface area contributed by atoms with Crippen LogP contribution >= 0.6 is 0 Å². The summed E-state index contributed by atoms with van der Waals surface area (Å²) in [6.07, 6.45) is -6.36. The van der Waals surface area contributed by atoms with E-state index >= 15 is 0 Å². The molecule has 1 fully saturated rings. The number of hydrogen-bond donors (Lipinski definition) is 1. The van der Waals surface area contributed by atoms with Gasteiger partial charge in [0.25, 0.3) is 5.56 Å². The number of carbonyl (C=O) groups excluding carboxylic acids is 1. The highest BCUT2D eigenvalue weighted by molar-refractivity contribution is 5.80. The second kappa shape index (κ2) is 14.8. The number of amides is 1. The monoisotopic (exact) mass is 566 g/mol. The summed E-state index contributed by atoms with van der Waals surface area (Å²) in [5.41, 5.74) is -3.55. The molecule has 1 saturated heterocycles. The van der Waals surface area contributed by atoms with E-state index in [1.165, 1.54) is 13.3 Å². The number of hydrogen-bond acceptors (Lipinski definition) is 6. The highest BCUT2D eigenvalue weighted by Gasteiger charge is 2.35. The Morgan fingerprint density at radius 3 is 2.21 bits per heavy atom. The van der Waals surface area contributed by atoms with E-state index in [1.807, 2.05) is 5.10 Å². The third kappa shape index (κ3) is 10.9. The molecule has 0 unspecified atom stereocenters. The van der Waals surface area contributed by atoms with Crippen molar-refractivity contribution in [3.05, 3.63) is 51.7 Å². The average molecular weight is 567 g/mol. The van der Waals surface area contributed by atoms with Crippen molar-refractivity contribution in [2.45, 2.75) is 65.5 Å². The van der Waals surface area contributed by atoms with Gasteiger partial charge >= 0.3 is 12.4 Å². The topological polar surface area (TPSA) is 84.9 Å². The second-order valence-electron chi connectivity index (χ2n) is 9.06. The molecule has 1 aromatic rings. The summed E-state index contributed by atoms with van der Waals surface area (Å²) in [4.78, 5) is 32.8. The summed E-state index contributed by atoms with van der Waals surface area (Å²) in [5, 5.41) is 5.49. The molecule has 1 N–H and O–H groups in total. The Hall–Kier alpha value is -3.16. The Morgan fingerprint density at radius 2 is 1.72 bits per heavy atom. The van der Waals surface area contributed by atoms with Gasteiger partial charge in [-0.3, -0.25) is 14.5 Å². The van der Waals surface area contributed by atoms with Crippen molar-refractivity contribution in [1.29, 1.82) is 0 Å². The van der Waals surface area contributed by atoms with Crippen LogP contribution < -0.4 is 5.56 Å². The molecule has 14 heteroatoms. The standard InChI is InChI=1S/C22H28F6N6O2.C3H8/c1-5-16(21(23,24)25)12-29-15(3)33-6-8-34(9-7-33)19(35)10-14(2)32(4)13-17-11-18(22(26,27)28)20(36)31-30-17;1-3-2/h5,11-12,14H,3,6-10,13H2,1-2,4H3,(H,31,36);3H2,1-2H3/b16-5+,29-12-;/t14-;/m0./s1. The summed E-state index contributed by atoms with van der Waals surface area (Å²) in [6, 6.07) is 0.339. The van der Waals surface area contributed by atoms with Crippen molar-refractivity contribution in [3.8, 4) is 0 Å². The van der Waals surface area contributed by atoms with E-state index in [0.717, 1.165) is 6.08 Å². The Kier molecular flexibility index (Phi) is 12.9. The quantitative estimate of drug-likeness (QED) is 0.367. The van der Waals surface area contributed by atoms with Crippen LogP contribution in [0.4, 0.5) is 26.3 Å². The third-order valence-electron chi connectivity index (χ3n) is 5.78. The van der Waals surface area contributed by atoms with Gasteiger partial charge in [0.05, 0.1) is 11.3 Å². The highest BCUT2D eigenvalue weighted by Crippen LogP contribution is 2.27. The molecular weight excluding hydrogens is 530 g/mol. The number of aliphatic imine (C=N–C) groups is 1. The minimum Gasteiger partial charge on any atom is -0.354 e. The van der Waals surface area contributed by atoms with Gasteiger partial charge in [0.15, 0.2) is 0 Å². The van der Waals surface area contributed by atoms with E-state index in [1.54, 1.807) is 28.7 Å². The van der Waals surface area contributed by atoms with Gasteiger partial charge in [-0.25, -0.2) is 10.1 Å². The number of piperazine rings is 1. The maximum Gasteiger partial charge on any atom is 0.421 e. The molecule has 0 aliphatic carbocycles. The summed E-state index contributed by atoms with van der Waals surface area (Å²) in [7, 11) is 1.62. The van der Waals surface area contributed by atoms with Crippen LogP contribution in [0.1, 0.15) is 51.8 Å². The lowest BCUT2D eigenvalue weighted by Crippen LogP contribution is -2.49. The summed E-state index contributed by atoms with van der Waals surface area (Å²) >= 11 is 0. The van der Waals surface area contributed by atoms with Crippen molar-refractivity contribution in [2.24, 2.45) is 4.99 Å². The van der Waals surface area contributed by atoms with E-state index in [4.69, 9.17) is 0 Å². The molecular formula is C25H36F6N6O2. The van der Waals surface area contributed by atoms with Gasteiger partial charge in [-0.15, -0.1) is 0 Å². The second-order valence-corrected chi connectivity index (χ2v) is 9.06. The van der Waals surface area contributed by atoms with Gasteiger partial charge in [-0.05, 0) is 27.0 Å². The van der Waals surface area contributed by atoms with Crippen LogP contribution in [0, 0.1) is 0 Å². The lowest BCUT2D eigenvalue weighted by Gasteiger charge is -2.36. The van der Waals surface area contributed by atoms with Gasteiger partial charge in [0.2, 0.25) is 5.91 Å². The molecule has 8 nitrogen and oxygen atoms in total. The van der Waals surface area contributed by atoms with Crippen molar-refractivity contribution in [2.75, 3.05) is 33.2 Å². The molecule has 2 heterocycles. The molecule has 1 aliphatic heterocycles. The molecule has 1 amide bonds. The van der Waals surface area contributed by atoms with E-state index in [9.17, 15) is 35.9 Å². The fourth-order valence-corrected chi connectivity index (χ4v) is 3.44. The van der Waals surface area contributed by atoms with E-state index in [2.05, 4.69) is 30.5 Å². The number of aromatic nitrogens is 2. The van der Waals surface area contributed by atoms with Crippen molar-refractivity contribution in [1.82, 2.24) is 24.9 Å². The molecule has 2 rings (SSSR count). The first-order valence-corrected chi connectivity index (χ1v) is 12.4. The van der Waals surface area contributed by atoms with Gasteiger partial charge in [0.1, 0.15) is 11.4 Å². The first kappa shape index (κ1) is 33.9. The van der Waals surface area contributed by atoms with Gasteiger partial charge in [-0.1, -0.05) is 32.9 Å². The zero-order valence-corrected chi connectivity index (χ0v) is 22.8. The predicted molar refractivity (Wildman–Crippen MR) is 137 cm³/mol. The van der Waals surface area contributed by atoms with Crippen LogP contribution in [0.15, 0.2) is 39.9 Å². The Balaban J connectivity index is 0.00000242. The lowest BCUT2D eigenvalue weighted by molar-refractivity contribution is -0.139. The summed E-state index contributed by atoms with van der Waals surface area (Å²) in [6.45, 7) is 12.2. The minimum atomic E-state index is -4.81. The third-order valence-corrected chi connectivity index (χ3v) is 5.78. The zero-order valence-electron chi connectivity index (χ0n) is 22.8. The first-order valence-electron chi connectivity index (χ1n) is 12.4. The molecule has 0 bridgehead atoms. The van der Waals surface area contributed by atoms with Crippen LogP contribution in [0.3, 0.4) is 0 Å². The SMILES string of the molecule is C=C(/N=C\C(=C/C)C(F)(F)F)N1CCN(C(=O)C[C@H](C)N(C)Cc2cc(C(F)(F)F)c(=O)[nH]n2)CC1.CCC. The molecule has 1 aromatic heterocycles. The molecule has 1 atom stereocenters. The van der Waals surface area contributed by atoms with Crippen molar-refractivity contribution >= 4 is 12.1 Å². The number of nitrogens with zero attached hydrogens (tertiary/aromatic N) is 5. The lowest BCUT2D eigenvalue weighted by atomic mass is 10.1. The van der Waals surface area contributed by atoms with E-state index in [-0.39, 0.29) is 36.4 Å². The number of halogens is 6. The Bertz CT molecular complexity index is 1070. The fourth-order valence-electron chi connectivity index (χ4n) is 3.44. The predicted octanol–water partition coefficient (Wildman–Crippen LogP) is 4.61. The Labute approximate surface area is 224 Å². The van der Waals surface area contributed by atoms with Crippen LogP contribution in [-0.4, -0.2) is 82.5 Å². The molecule has 0 aromatic carbocycles. The summed E-state index contributed by atoms with van der Waals surface area (Å²) < 4.78 is 77.3. The Morgan fingerprint density at radius 1 is 1.18 bits per heavy atom. The zero-order chi connectivity index (χ0) is 30.0. The van der Waals surface area contributed by atoms with Crippen molar-refractivity contribution < 1.29 is 31.1 Å². The van der Waals surface area contributed by atoms with E-state index < -0.39 is 29.0 Å². The molecule has 0 radical (unpaired) electrons. The van der Waals surface area contributed by atoms with Crippen LogP contribution in [0.2, 0.25) is 0 Å². The average Bonchev–Trinajstić information content (AvgIpc) is 2.84. The number of rotatable bonds is 8. The number of nitrogens with one attached hydrogen (secondary N) is 1. The largest absolute Gasteiger partial charge is 0.421 e. The number of carbonyl (C=O) groups is 1. The van der Waals surface area contributed by atoms with Crippen LogP contribution in [0.5, 0.6) is 0 Å². The van der Waals surface area contributed by atoms with Gasteiger partial charge < -0.3 is 9.80 Å². The molecule has 0 saturated carbocycles. The highest BCUT2D eigenvalue weighted by atomic mass is 19.4. The van der Waals surface area contributed by atoms with Crippen LogP contribution in [-0.2, 0) is 17.5 Å². The van der Waals surface area contributed by atoms with Crippen LogP contribution in [0.25, 0.3) is 0 Å². The molecule has 220 valence electrons. The van der Waals surface area contributed by atoms with Gasteiger partial charge in [-0.2, -0.15) is 31.4 Å². The number of alkyl halides is 6. The molecule has 39 heavy (non-hydrogen) atoms. The molecule has 0 spiro atoms. The van der Waals surface area contributed by atoms with Gasteiger partial charge in [0, 0.05) is 51.4 Å². The maximum atomic E-state index is 12.9. The smallest absolute Gasteiger partial charge is 0.354 e. The van der Waals surface area contributed by atoms with Crippen molar-refractivity contribution in [3.63, 3.8) is 0 Å². The fraction of sp³-hybridized carbons (Fsp3) is 0.600. The summed E-state index contributed by atoms with van der Waals surface area (Å²) in [5.74, 6) is -0.0211.